The van der Waals surface area contributed by atoms with Crippen LogP contribution in [0, 0.1) is 13.8 Å². The predicted molar refractivity (Wildman–Crippen MR) is 133 cm³/mol. The van der Waals surface area contributed by atoms with Gasteiger partial charge in [0.15, 0.2) is 0 Å². The van der Waals surface area contributed by atoms with Crippen LogP contribution in [0.4, 0.5) is 0 Å². The van der Waals surface area contributed by atoms with Crippen molar-refractivity contribution < 1.29 is 19.1 Å². The summed E-state index contributed by atoms with van der Waals surface area (Å²) in [6, 6.07) is 25.7. The lowest BCUT2D eigenvalue weighted by atomic mass is 10.0. The zero-order valence-corrected chi connectivity index (χ0v) is 19.8. The van der Waals surface area contributed by atoms with Crippen LogP contribution in [0.25, 0.3) is 22.5 Å². The Balaban J connectivity index is 2.14. The fourth-order valence-electron chi connectivity index (χ4n) is 4.17. The van der Waals surface area contributed by atoms with Crippen LogP contribution in [0.5, 0.6) is 0 Å². The predicted octanol–water partition coefficient (Wildman–Crippen LogP) is 6.06. The molecule has 5 heteroatoms. The third kappa shape index (κ3) is 4.37. The maximum Gasteiger partial charge on any atom is 0.340 e. The Labute approximate surface area is 199 Å². The molecule has 0 amide bonds. The second-order valence-corrected chi connectivity index (χ2v) is 8.23. The van der Waals surface area contributed by atoms with Gasteiger partial charge < -0.3 is 14.0 Å². The van der Waals surface area contributed by atoms with Crippen molar-refractivity contribution in [1.82, 2.24) is 4.57 Å². The van der Waals surface area contributed by atoms with Crippen LogP contribution in [0.15, 0.2) is 78.9 Å². The van der Waals surface area contributed by atoms with Crippen molar-refractivity contribution in [3.8, 4) is 22.5 Å². The number of methoxy groups -OCH3 is 2. The van der Waals surface area contributed by atoms with E-state index in [-0.39, 0.29) is 11.1 Å². The highest BCUT2D eigenvalue weighted by Crippen LogP contribution is 2.39. The average Bonchev–Trinajstić information content (AvgIpc) is 3.19. The molecule has 0 unspecified atom stereocenters. The van der Waals surface area contributed by atoms with Gasteiger partial charge in [-0.25, -0.2) is 9.59 Å². The molecule has 34 heavy (non-hydrogen) atoms. The molecule has 0 aliphatic heterocycles. The van der Waals surface area contributed by atoms with Crippen LogP contribution in [-0.2, 0) is 16.0 Å². The van der Waals surface area contributed by atoms with E-state index in [2.05, 4.69) is 0 Å². The van der Waals surface area contributed by atoms with Crippen molar-refractivity contribution in [2.45, 2.75) is 20.4 Å². The van der Waals surface area contributed by atoms with E-state index in [1.165, 1.54) is 14.2 Å². The molecule has 1 aromatic heterocycles. The number of aryl methyl sites for hydroxylation is 2. The fraction of sp³-hybridized carbons (Fsp3) is 0.172. The van der Waals surface area contributed by atoms with Gasteiger partial charge in [-0.3, -0.25) is 0 Å². The number of carbonyl (C=O) groups excluding carboxylic acids is 2. The Morgan fingerprint density at radius 1 is 0.647 bits per heavy atom. The van der Waals surface area contributed by atoms with Gasteiger partial charge in [0, 0.05) is 6.54 Å². The zero-order chi connectivity index (χ0) is 24.2. The van der Waals surface area contributed by atoms with Crippen LogP contribution in [0.1, 0.15) is 37.4 Å². The van der Waals surface area contributed by atoms with Gasteiger partial charge in [-0.1, -0.05) is 90.0 Å². The Kier molecular flexibility index (Phi) is 6.64. The summed E-state index contributed by atoms with van der Waals surface area (Å²) in [5, 5.41) is 0. The number of hydrogen-bond donors (Lipinski definition) is 0. The number of benzene rings is 3. The van der Waals surface area contributed by atoms with E-state index in [1.54, 1.807) is 0 Å². The third-order valence-electron chi connectivity index (χ3n) is 5.88. The standard InChI is InChI=1S/C29H27NO4/c1-19-10-14-22(15-11-19)26-24(28(31)33-3)25(29(32)34-4)27(23-16-12-20(2)13-17-23)30(26)18-21-8-6-5-7-9-21/h5-17H,18H2,1-4H3. The molecule has 0 aliphatic carbocycles. The second-order valence-electron chi connectivity index (χ2n) is 8.23. The number of carbonyl (C=O) groups is 2. The monoisotopic (exact) mass is 453 g/mol. The number of nitrogens with zero attached hydrogens (tertiary/aromatic N) is 1. The normalized spacial score (nSPS) is 10.7. The molecule has 5 nitrogen and oxygen atoms in total. The smallest absolute Gasteiger partial charge is 0.340 e. The molecule has 0 radical (unpaired) electrons. The fourth-order valence-corrected chi connectivity index (χ4v) is 4.17. The molecule has 0 saturated heterocycles. The molecule has 0 saturated carbocycles. The van der Waals surface area contributed by atoms with E-state index < -0.39 is 11.9 Å². The summed E-state index contributed by atoms with van der Waals surface area (Å²) >= 11 is 0. The van der Waals surface area contributed by atoms with Gasteiger partial charge in [0.1, 0.15) is 11.1 Å². The van der Waals surface area contributed by atoms with Crippen molar-refractivity contribution in [3.05, 3.63) is 107 Å². The van der Waals surface area contributed by atoms with Crippen molar-refractivity contribution in [2.75, 3.05) is 14.2 Å². The van der Waals surface area contributed by atoms with Gasteiger partial charge in [-0.2, -0.15) is 0 Å². The lowest BCUT2D eigenvalue weighted by Crippen LogP contribution is -2.11. The van der Waals surface area contributed by atoms with Crippen LogP contribution in [0.3, 0.4) is 0 Å². The highest BCUT2D eigenvalue weighted by molar-refractivity contribution is 6.12. The quantitative estimate of drug-likeness (QED) is 0.333. The van der Waals surface area contributed by atoms with Crippen molar-refractivity contribution in [1.29, 1.82) is 0 Å². The molecule has 4 aromatic rings. The lowest BCUT2D eigenvalue weighted by Gasteiger charge is -2.16. The first kappa shape index (κ1) is 23.1. The van der Waals surface area contributed by atoms with Gasteiger partial charge in [-0.15, -0.1) is 0 Å². The first-order valence-corrected chi connectivity index (χ1v) is 11.1. The van der Waals surface area contributed by atoms with E-state index in [9.17, 15) is 9.59 Å². The molecular formula is C29H27NO4. The van der Waals surface area contributed by atoms with E-state index in [1.807, 2.05) is 97.3 Å². The van der Waals surface area contributed by atoms with E-state index >= 15 is 0 Å². The van der Waals surface area contributed by atoms with Crippen molar-refractivity contribution in [2.24, 2.45) is 0 Å². The van der Waals surface area contributed by atoms with Gasteiger partial charge in [0.25, 0.3) is 0 Å². The first-order chi connectivity index (χ1) is 16.4. The number of esters is 2. The first-order valence-electron chi connectivity index (χ1n) is 11.1. The molecule has 0 fully saturated rings. The molecule has 0 atom stereocenters. The summed E-state index contributed by atoms with van der Waals surface area (Å²) in [7, 11) is 2.64. The highest BCUT2D eigenvalue weighted by Gasteiger charge is 2.33. The third-order valence-corrected chi connectivity index (χ3v) is 5.88. The molecule has 3 aromatic carbocycles. The topological polar surface area (TPSA) is 57.5 Å². The van der Waals surface area contributed by atoms with Crippen LogP contribution < -0.4 is 0 Å². The average molecular weight is 454 g/mol. The Morgan fingerprint density at radius 3 is 1.44 bits per heavy atom. The second kappa shape index (κ2) is 9.79. The number of rotatable bonds is 6. The molecular weight excluding hydrogens is 426 g/mol. The largest absolute Gasteiger partial charge is 0.465 e. The van der Waals surface area contributed by atoms with E-state index in [0.717, 1.165) is 27.8 Å². The number of aromatic nitrogens is 1. The maximum atomic E-state index is 13.2. The molecule has 1 heterocycles. The minimum absolute atomic E-state index is 0.199. The van der Waals surface area contributed by atoms with Gasteiger partial charge in [0.05, 0.1) is 25.6 Å². The summed E-state index contributed by atoms with van der Waals surface area (Å²) in [4.78, 5) is 26.4. The summed E-state index contributed by atoms with van der Waals surface area (Å²) in [6.07, 6.45) is 0. The molecule has 0 spiro atoms. The maximum absolute atomic E-state index is 13.2. The molecule has 4 rings (SSSR count). The Morgan fingerprint density at radius 2 is 1.06 bits per heavy atom. The van der Waals surface area contributed by atoms with Gasteiger partial charge >= 0.3 is 11.9 Å². The summed E-state index contributed by atoms with van der Waals surface area (Å²) in [5.74, 6) is -1.17. The summed E-state index contributed by atoms with van der Waals surface area (Å²) in [6.45, 7) is 4.46. The highest BCUT2D eigenvalue weighted by atomic mass is 16.5. The lowest BCUT2D eigenvalue weighted by molar-refractivity contribution is 0.0558. The number of hydrogen-bond acceptors (Lipinski definition) is 4. The minimum atomic E-state index is -0.587. The van der Waals surface area contributed by atoms with Crippen molar-refractivity contribution in [3.63, 3.8) is 0 Å². The molecule has 0 N–H and O–H groups in total. The molecule has 0 bridgehead atoms. The van der Waals surface area contributed by atoms with Crippen LogP contribution in [0.2, 0.25) is 0 Å². The van der Waals surface area contributed by atoms with Gasteiger partial charge in [-0.05, 0) is 30.5 Å². The zero-order valence-electron chi connectivity index (χ0n) is 19.8. The van der Waals surface area contributed by atoms with Crippen LogP contribution in [-0.4, -0.2) is 30.7 Å². The summed E-state index contributed by atoms with van der Waals surface area (Å²) in [5.41, 5.74) is 6.48. The SMILES string of the molecule is COC(=O)c1c(C(=O)OC)c(-c2ccc(C)cc2)n(Cc2ccccc2)c1-c1ccc(C)cc1. The molecule has 0 aliphatic rings. The Hall–Kier alpha value is -4.12. The molecule has 172 valence electrons. The van der Waals surface area contributed by atoms with E-state index in [4.69, 9.17) is 9.47 Å². The minimum Gasteiger partial charge on any atom is -0.465 e. The Bertz CT molecular complexity index is 1230. The van der Waals surface area contributed by atoms with Gasteiger partial charge in [0.2, 0.25) is 0 Å². The van der Waals surface area contributed by atoms with Crippen molar-refractivity contribution >= 4 is 11.9 Å². The number of ether oxygens (including phenoxy) is 2. The van der Waals surface area contributed by atoms with Crippen LogP contribution >= 0.6 is 0 Å². The summed E-state index contributed by atoms with van der Waals surface area (Å²) < 4.78 is 12.4. The van der Waals surface area contributed by atoms with E-state index in [0.29, 0.717) is 17.9 Å².